The van der Waals surface area contributed by atoms with Crippen LogP contribution in [0.25, 0.3) is 0 Å². The van der Waals surface area contributed by atoms with Gasteiger partial charge >= 0.3 is 0 Å². The molecule has 0 aliphatic carbocycles. The molecule has 148 valence electrons. The van der Waals surface area contributed by atoms with Crippen molar-refractivity contribution in [3.05, 3.63) is 37.6 Å². The summed E-state index contributed by atoms with van der Waals surface area (Å²) >= 11 is 5.94. The molecule has 2 aromatic carbocycles. The van der Waals surface area contributed by atoms with Crippen molar-refractivity contribution in [3.63, 3.8) is 0 Å². The fraction of sp³-hybridized carbons (Fsp3) is 0.375. The normalized spacial score (nSPS) is 11.9. The summed E-state index contributed by atoms with van der Waals surface area (Å²) in [5, 5.41) is 15.7. The molecule has 0 spiro atoms. The van der Waals surface area contributed by atoms with Crippen molar-refractivity contribution in [1.82, 2.24) is 4.47 Å². The van der Waals surface area contributed by atoms with Gasteiger partial charge in [-0.3, -0.25) is 14.4 Å². The summed E-state index contributed by atoms with van der Waals surface area (Å²) in [5.74, 6) is -0.695. The number of rotatable bonds is 9. The van der Waals surface area contributed by atoms with Gasteiger partial charge < -0.3 is 15.7 Å². The molecule has 2 aromatic rings. The minimum atomic E-state index is -4.25. The van der Waals surface area contributed by atoms with Gasteiger partial charge in [0, 0.05) is 13.6 Å². The zero-order valence-corrected chi connectivity index (χ0v) is 16.6. The number of hydroxylamine groups is 1. The summed E-state index contributed by atoms with van der Waals surface area (Å²) in [6, 6.07) is 2.55. The number of benzene rings is 1. The van der Waals surface area contributed by atoms with Crippen LogP contribution < -0.4 is 21.5 Å². The van der Waals surface area contributed by atoms with Gasteiger partial charge in [-0.1, -0.05) is 29.4 Å². The third-order valence-corrected chi connectivity index (χ3v) is 6.12. The van der Waals surface area contributed by atoms with E-state index in [-0.39, 0.29) is 22.1 Å². The van der Waals surface area contributed by atoms with Crippen LogP contribution in [0.3, 0.4) is 0 Å². The average Bonchev–Trinajstić information content (AvgIpc) is 2.64. The van der Waals surface area contributed by atoms with Crippen LogP contribution in [0.1, 0.15) is 19.8 Å². The first-order valence-electron chi connectivity index (χ1n) is 8.05. The Balaban J connectivity index is 2.43. The summed E-state index contributed by atoms with van der Waals surface area (Å²) in [7, 11) is -1.97. The predicted octanol–water partition coefficient (Wildman–Crippen LogP) is 1.78. The number of unbranched alkanes of at least 4 members (excludes halogenated alkanes) is 1. The predicted molar refractivity (Wildman–Crippen MR) is 103 cm³/mol. The van der Waals surface area contributed by atoms with E-state index in [4.69, 9.17) is 11.6 Å². The zero-order valence-electron chi connectivity index (χ0n) is 15.0. The molecule has 0 aliphatic rings. The smallest absolute Gasteiger partial charge is 0.269 e. The SMILES string of the molecule is CCCCNc1c(Nc2ccc(Cl)c(S(=O)(=O)N(C)OC)c2O)c(=O)c1=O. The van der Waals surface area contributed by atoms with E-state index in [2.05, 4.69) is 15.5 Å². The van der Waals surface area contributed by atoms with Crippen LogP contribution >= 0.6 is 11.6 Å². The number of nitrogens with one attached hydrogen (secondary N) is 2. The Bertz CT molecular complexity index is 1010. The maximum Gasteiger partial charge on any atom is 0.269 e. The van der Waals surface area contributed by atoms with E-state index in [9.17, 15) is 23.1 Å². The summed E-state index contributed by atoms with van der Waals surface area (Å²) < 4.78 is 25.5. The highest BCUT2D eigenvalue weighted by Gasteiger charge is 2.30. The van der Waals surface area contributed by atoms with E-state index in [0.29, 0.717) is 11.0 Å². The Kier molecular flexibility index (Phi) is 6.47. The van der Waals surface area contributed by atoms with Crippen molar-refractivity contribution in [3.8, 4) is 5.75 Å². The largest absolute Gasteiger partial charge is 0.504 e. The van der Waals surface area contributed by atoms with Gasteiger partial charge in [-0.2, -0.15) is 0 Å². The Hall–Kier alpha value is -2.14. The van der Waals surface area contributed by atoms with E-state index >= 15 is 0 Å². The lowest BCUT2D eigenvalue weighted by atomic mass is 10.1. The van der Waals surface area contributed by atoms with Gasteiger partial charge in [-0.05, 0) is 18.6 Å². The maximum absolute atomic E-state index is 12.5. The van der Waals surface area contributed by atoms with E-state index in [1.807, 2.05) is 6.92 Å². The van der Waals surface area contributed by atoms with Gasteiger partial charge in [-0.25, -0.2) is 8.42 Å². The van der Waals surface area contributed by atoms with E-state index in [1.165, 1.54) is 12.1 Å². The van der Waals surface area contributed by atoms with Gasteiger partial charge in [-0.15, -0.1) is 0 Å². The highest BCUT2D eigenvalue weighted by molar-refractivity contribution is 7.89. The molecule has 3 N–H and O–H groups in total. The van der Waals surface area contributed by atoms with E-state index in [0.717, 1.165) is 27.0 Å². The van der Waals surface area contributed by atoms with Gasteiger partial charge in [0.25, 0.3) is 20.9 Å². The number of hydrogen-bond donors (Lipinski definition) is 3. The number of phenolic OH excluding ortho intramolecular Hbond substituents is 1. The molecule has 9 nitrogen and oxygen atoms in total. The fourth-order valence-corrected chi connectivity index (χ4v) is 3.89. The molecule has 11 heteroatoms. The number of phenols is 1. The minimum absolute atomic E-state index is 0.0443. The van der Waals surface area contributed by atoms with Crippen molar-refractivity contribution >= 4 is 38.7 Å². The third kappa shape index (κ3) is 3.93. The molecule has 0 heterocycles. The van der Waals surface area contributed by atoms with Crippen molar-refractivity contribution in [1.29, 1.82) is 0 Å². The lowest BCUT2D eigenvalue weighted by molar-refractivity contribution is -0.0259. The first kappa shape index (κ1) is 21.2. The topological polar surface area (TPSA) is 125 Å². The van der Waals surface area contributed by atoms with Crippen LogP contribution in [0.15, 0.2) is 26.6 Å². The van der Waals surface area contributed by atoms with Crippen LogP contribution in [-0.2, 0) is 14.9 Å². The molecule has 2 rings (SSSR count). The lowest BCUT2D eigenvalue weighted by Gasteiger charge is -2.19. The molecule has 0 unspecified atom stereocenters. The fourth-order valence-electron chi connectivity index (χ4n) is 2.32. The second kappa shape index (κ2) is 8.26. The molecule has 0 amide bonds. The first-order chi connectivity index (χ1) is 12.7. The van der Waals surface area contributed by atoms with Gasteiger partial charge in [0.05, 0.1) is 17.8 Å². The van der Waals surface area contributed by atoms with Crippen LogP contribution in [0.4, 0.5) is 17.1 Å². The second-order valence-corrected chi connectivity index (χ2v) is 7.96. The average molecular weight is 418 g/mol. The zero-order chi connectivity index (χ0) is 20.4. The number of aromatic hydroxyl groups is 1. The molecule has 0 bridgehead atoms. The number of sulfonamides is 1. The molecule has 0 atom stereocenters. The van der Waals surface area contributed by atoms with Gasteiger partial charge in [0.2, 0.25) is 0 Å². The molecule has 0 saturated carbocycles. The summed E-state index contributed by atoms with van der Waals surface area (Å²) in [6.45, 7) is 2.48. The highest BCUT2D eigenvalue weighted by Crippen LogP contribution is 2.39. The van der Waals surface area contributed by atoms with Crippen molar-refractivity contribution in [2.24, 2.45) is 0 Å². The summed E-state index contributed by atoms with van der Waals surface area (Å²) in [4.78, 5) is 27.7. The summed E-state index contributed by atoms with van der Waals surface area (Å²) in [6.07, 6.45) is 1.70. The monoisotopic (exact) mass is 417 g/mol. The highest BCUT2D eigenvalue weighted by atomic mass is 35.5. The molecule has 0 saturated heterocycles. The Labute approximate surface area is 161 Å². The number of nitrogens with zero attached hydrogens (tertiary/aromatic N) is 1. The molecule has 0 aliphatic heterocycles. The Morgan fingerprint density at radius 1 is 1.22 bits per heavy atom. The lowest BCUT2D eigenvalue weighted by Crippen LogP contribution is -2.36. The molecule has 0 aromatic heterocycles. The molecular weight excluding hydrogens is 398 g/mol. The Morgan fingerprint density at radius 3 is 2.44 bits per heavy atom. The van der Waals surface area contributed by atoms with E-state index < -0.39 is 31.5 Å². The third-order valence-electron chi connectivity index (χ3n) is 3.94. The molecule has 0 radical (unpaired) electrons. The van der Waals surface area contributed by atoms with Crippen LogP contribution in [-0.4, -0.2) is 38.7 Å². The minimum Gasteiger partial charge on any atom is -0.504 e. The van der Waals surface area contributed by atoms with Crippen LogP contribution in [0, 0.1) is 0 Å². The molecule has 27 heavy (non-hydrogen) atoms. The first-order valence-corrected chi connectivity index (χ1v) is 9.87. The van der Waals surface area contributed by atoms with Crippen LogP contribution in [0.2, 0.25) is 5.02 Å². The summed E-state index contributed by atoms with van der Waals surface area (Å²) in [5.41, 5.74) is -1.47. The quantitative estimate of drug-likeness (QED) is 0.244. The van der Waals surface area contributed by atoms with Gasteiger partial charge in [0.15, 0.2) is 5.75 Å². The van der Waals surface area contributed by atoms with E-state index in [1.54, 1.807) is 0 Å². The number of hydrogen-bond acceptors (Lipinski definition) is 8. The van der Waals surface area contributed by atoms with Crippen molar-refractivity contribution in [2.45, 2.75) is 24.7 Å². The number of anilines is 3. The maximum atomic E-state index is 12.5. The standard InChI is InChI=1S/C16H20ClN3O6S/c1-4-5-8-18-11-12(15(23)14(11)22)19-10-7-6-9(17)16(13(10)21)27(24,25)20(2)26-3/h6-7,18-19,21H,4-5,8H2,1-3H3. The van der Waals surface area contributed by atoms with Crippen molar-refractivity contribution < 1.29 is 18.4 Å². The van der Waals surface area contributed by atoms with Gasteiger partial charge in [0.1, 0.15) is 16.3 Å². The number of halogens is 1. The second-order valence-electron chi connectivity index (χ2n) is 5.68. The molecular formula is C16H20ClN3O6S. The molecule has 0 fully saturated rings. The van der Waals surface area contributed by atoms with Crippen LogP contribution in [0.5, 0.6) is 5.75 Å². The Morgan fingerprint density at radius 2 is 1.85 bits per heavy atom. The van der Waals surface area contributed by atoms with Crippen molar-refractivity contribution in [2.75, 3.05) is 31.3 Å².